The lowest BCUT2D eigenvalue weighted by molar-refractivity contribution is -0.142. The van der Waals surface area contributed by atoms with Crippen molar-refractivity contribution in [1.29, 1.82) is 0 Å². The third-order valence-corrected chi connectivity index (χ3v) is 12.6. The zero-order valence-corrected chi connectivity index (χ0v) is 30.8. The van der Waals surface area contributed by atoms with E-state index in [1.54, 1.807) is 0 Å². The Labute approximate surface area is 270 Å². The number of carbonyl (C=O) groups is 2. The maximum Gasteiger partial charge on any atom is 0.464 e. The standard InChI is InChI=1S/C38H76O4Si/c1-5-9-11-13-15-17-19-21-23-25-27-29-31-33-37(39)41-43(35-7-3,36-8-4)42-38(40)34-32-30-28-26-24-22-20-18-16-14-12-10-6-2/h5-36H2,1-4H3. The topological polar surface area (TPSA) is 52.6 Å². The van der Waals surface area contributed by atoms with Gasteiger partial charge >= 0.3 is 8.56 Å². The van der Waals surface area contributed by atoms with E-state index in [0.29, 0.717) is 12.8 Å². The quantitative estimate of drug-likeness (QED) is 0.0528. The second kappa shape index (κ2) is 32.5. The summed E-state index contributed by atoms with van der Waals surface area (Å²) < 4.78 is 12.1. The first-order chi connectivity index (χ1) is 21.0. The molecule has 0 radical (unpaired) electrons. The highest BCUT2D eigenvalue weighted by molar-refractivity contribution is 6.70. The third kappa shape index (κ3) is 28.4. The fourth-order valence-electron chi connectivity index (χ4n) is 6.20. The van der Waals surface area contributed by atoms with Gasteiger partial charge in [-0.2, -0.15) is 0 Å². The minimum absolute atomic E-state index is 0.148. The third-order valence-electron chi connectivity index (χ3n) is 8.83. The summed E-state index contributed by atoms with van der Waals surface area (Å²) in [7, 11) is -2.83. The molecule has 0 aromatic rings. The summed E-state index contributed by atoms with van der Waals surface area (Å²) in [6, 6.07) is 1.44. The van der Waals surface area contributed by atoms with Crippen LogP contribution in [-0.2, 0) is 18.4 Å². The van der Waals surface area contributed by atoms with Gasteiger partial charge in [-0.25, -0.2) is 0 Å². The van der Waals surface area contributed by atoms with Crippen LogP contribution in [0.2, 0.25) is 12.1 Å². The van der Waals surface area contributed by atoms with Crippen molar-refractivity contribution >= 4 is 20.5 Å². The molecular formula is C38H76O4Si. The summed E-state index contributed by atoms with van der Waals surface area (Å²) in [6.45, 7) is 8.74. The van der Waals surface area contributed by atoms with Gasteiger partial charge in [0.05, 0.1) is 0 Å². The van der Waals surface area contributed by atoms with Crippen LogP contribution in [0.5, 0.6) is 0 Å². The normalized spacial score (nSPS) is 11.6. The lowest BCUT2D eigenvalue weighted by Gasteiger charge is -2.29. The average Bonchev–Trinajstić information content (AvgIpc) is 2.98. The minimum Gasteiger partial charge on any atom is -0.485 e. The van der Waals surface area contributed by atoms with Gasteiger partial charge in [0.25, 0.3) is 11.9 Å². The molecule has 256 valence electrons. The zero-order valence-electron chi connectivity index (χ0n) is 29.8. The van der Waals surface area contributed by atoms with Crippen molar-refractivity contribution in [3.05, 3.63) is 0 Å². The molecule has 0 aromatic heterocycles. The van der Waals surface area contributed by atoms with Crippen LogP contribution in [0.25, 0.3) is 0 Å². The minimum atomic E-state index is -2.83. The zero-order chi connectivity index (χ0) is 31.7. The first-order valence-corrected chi connectivity index (χ1v) is 21.7. The van der Waals surface area contributed by atoms with Crippen molar-refractivity contribution in [2.24, 2.45) is 0 Å². The van der Waals surface area contributed by atoms with Gasteiger partial charge in [-0.15, -0.1) is 0 Å². The Hall–Kier alpha value is -0.843. The number of rotatable bonds is 34. The molecule has 0 heterocycles. The van der Waals surface area contributed by atoms with Gasteiger partial charge in [0.1, 0.15) is 0 Å². The Bertz CT molecular complexity index is 557. The Balaban J connectivity index is 4.06. The number of carbonyl (C=O) groups excluding carboxylic acids is 2. The SMILES string of the molecule is CCCCCCCCCCCCCCCC(=O)O[Si](CCC)(CCC)OC(=O)CCCCCCCCCCCCCCC. The van der Waals surface area contributed by atoms with Crippen LogP contribution in [-0.4, -0.2) is 20.5 Å². The van der Waals surface area contributed by atoms with E-state index in [4.69, 9.17) is 8.85 Å². The van der Waals surface area contributed by atoms with Gasteiger partial charge in [0.15, 0.2) is 0 Å². The van der Waals surface area contributed by atoms with Crippen LogP contribution in [0.3, 0.4) is 0 Å². The summed E-state index contributed by atoms with van der Waals surface area (Å²) in [5.41, 5.74) is 0. The van der Waals surface area contributed by atoms with Gasteiger partial charge in [0.2, 0.25) is 0 Å². The Kier molecular flexibility index (Phi) is 31.9. The van der Waals surface area contributed by atoms with Crippen molar-refractivity contribution < 1.29 is 18.4 Å². The molecule has 0 aliphatic heterocycles. The Morgan fingerprint density at radius 3 is 0.814 bits per heavy atom. The molecule has 0 spiro atoms. The van der Waals surface area contributed by atoms with E-state index in [9.17, 15) is 9.59 Å². The van der Waals surface area contributed by atoms with Crippen molar-refractivity contribution in [2.75, 3.05) is 0 Å². The molecule has 0 atom stereocenters. The summed E-state index contributed by atoms with van der Waals surface area (Å²) in [6.07, 6.45) is 36.2. The first kappa shape index (κ1) is 42.2. The first-order valence-electron chi connectivity index (χ1n) is 19.5. The van der Waals surface area contributed by atoms with Crippen LogP contribution in [0.4, 0.5) is 0 Å². The second-order valence-corrected chi connectivity index (χ2v) is 16.6. The molecule has 43 heavy (non-hydrogen) atoms. The average molecular weight is 625 g/mol. The molecule has 5 heteroatoms. The smallest absolute Gasteiger partial charge is 0.464 e. The highest BCUT2D eigenvalue weighted by atomic mass is 28.4. The summed E-state index contributed by atoms with van der Waals surface area (Å²) in [4.78, 5) is 25.6. The van der Waals surface area contributed by atoms with Crippen LogP contribution in [0.1, 0.15) is 220 Å². The van der Waals surface area contributed by atoms with Crippen molar-refractivity contribution in [1.82, 2.24) is 0 Å². The van der Waals surface area contributed by atoms with Crippen LogP contribution < -0.4 is 0 Å². The molecule has 0 fully saturated rings. The summed E-state index contributed by atoms with van der Waals surface area (Å²) in [5.74, 6) is -0.296. The molecule has 0 saturated heterocycles. The van der Waals surface area contributed by atoms with E-state index in [1.165, 1.54) is 141 Å². The molecule has 0 unspecified atom stereocenters. The Morgan fingerprint density at radius 1 is 0.349 bits per heavy atom. The molecule has 0 aromatic carbocycles. The number of hydrogen-bond donors (Lipinski definition) is 0. The van der Waals surface area contributed by atoms with Gasteiger partial charge in [0, 0.05) is 24.9 Å². The monoisotopic (exact) mass is 625 g/mol. The predicted octanol–water partition coefficient (Wildman–Crippen LogP) is 13.3. The molecule has 0 N–H and O–H groups in total. The van der Waals surface area contributed by atoms with E-state index in [0.717, 1.165) is 50.6 Å². The molecule has 0 aliphatic carbocycles. The van der Waals surface area contributed by atoms with E-state index in [2.05, 4.69) is 27.7 Å². The predicted molar refractivity (Wildman–Crippen MR) is 189 cm³/mol. The highest BCUT2D eigenvalue weighted by Crippen LogP contribution is 2.25. The number of hydrogen-bond acceptors (Lipinski definition) is 4. The molecule has 0 amide bonds. The van der Waals surface area contributed by atoms with Crippen molar-refractivity contribution in [3.8, 4) is 0 Å². The molecular weight excluding hydrogens is 549 g/mol. The molecule has 0 saturated carbocycles. The second-order valence-electron chi connectivity index (χ2n) is 13.3. The van der Waals surface area contributed by atoms with E-state index < -0.39 is 8.56 Å². The lowest BCUT2D eigenvalue weighted by atomic mass is 10.0. The van der Waals surface area contributed by atoms with Crippen LogP contribution >= 0.6 is 0 Å². The Morgan fingerprint density at radius 2 is 0.581 bits per heavy atom. The summed E-state index contributed by atoms with van der Waals surface area (Å²) >= 11 is 0. The molecule has 4 nitrogen and oxygen atoms in total. The van der Waals surface area contributed by atoms with Gasteiger partial charge in [-0.05, 0) is 12.8 Å². The van der Waals surface area contributed by atoms with E-state index >= 15 is 0 Å². The maximum atomic E-state index is 12.8. The molecule has 0 bridgehead atoms. The molecule has 0 rings (SSSR count). The van der Waals surface area contributed by atoms with Gasteiger partial charge < -0.3 is 8.85 Å². The number of unbranched alkanes of at least 4 members (excludes halogenated alkanes) is 24. The van der Waals surface area contributed by atoms with E-state index in [-0.39, 0.29) is 11.9 Å². The fourth-order valence-corrected chi connectivity index (χ4v) is 9.46. The highest BCUT2D eigenvalue weighted by Gasteiger charge is 2.43. The van der Waals surface area contributed by atoms with Crippen LogP contribution in [0, 0.1) is 0 Å². The molecule has 0 aliphatic rings. The fraction of sp³-hybridized carbons (Fsp3) is 0.947. The van der Waals surface area contributed by atoms with Gasteiger partial charge in [-0.3, -0.25) is 9.59 Å². The largest absolute Gasteiger partial charge is 0.485 e. The van der Waals surface area contributed by atoms with Crippen molar-refractivity contribution in [2.45, 2.75) is 232 Å². The maximum absolute atomic E-state index is 12.8. The van der Waals surface area contributed by atoms with E-state index in [1.807, 2.05) is 0 Å². The van der Waals surface area contributed by atoms with Crippen molar-refractivity contribution in [3.63, 3.8) is 0 Å². The lowest BCUT2D eigenvalue weighted by Crippen LogP contribution is -2.45. The summed E-state index contributed by atoms with van der Waals surface area (Å²) in [5, 5.41) is 0. The van der Waals surface area contributed by atoms with Crippen LogP contribution in [0.15, 0.2) is 0 Å². The van der Waals surface area contributed by atoms with Gasteiger partial charge in [-0.1, -0.05) is 195 Å².